The molecule has 0 fully saturated rings. The Morgan fingerprint density at radius 1 is 0.926 bits per heavy atom. The SMILES string of the molecule is COc1cc(OC)c(C(=O)N2CCc3ccc(C(=O)O)cc3C2)cc1OC. The zero-order chi connectivity index (χ0) is 19.6. The van der Waals surface area contributed by atoms with Gasteiger partial charge in [-0.3, -0.25) is 4.79 Å². The number of hydrogen-bond acceptors (Lipinski definition) is 5. The fourth-order valence-electron chi connectivity index (χ4n) is 3.23. The summed E-state index contributed by atoms with van der Waals surface area (Å²) in [6, 6.07) is 8.26. The van der Waals surface area contributed by atoms with E-state index in [9.17, 15) is 14.7 Å². The Morgan fingerprint density at radius 3 is 2.22 bits per heavy atom. The smallest absolute Gasteiger partial charge is 0.335 e. The van der Waals surface area contributed by atoms with Crippen LogP contribution in [0.25, 0.3) is 0 Å². The van der Waals surface area contributed by atoms with Gasteiger partial charge >= 0.3 is 5.97 Å². The molecule has 7 nitrogen and oxygen atoms in total. The minimum Gasteiger partial charge on any atom is -0.496 e. The molecule has 0 aliphatic carbocycles. The third-order valence-electron chi connectivity index (χ3n) is 4.69. The summed E-state index contributed by atoms with van der Waals surface area (Å²) < 4.78 is 15.9. The largest absolute Gasteiger partial charge is 0.496 e. The van der Waals surface area contributed by atoms with Crippen LogP contribution in [-0.4, -0.2) is 49.8 Å². The second-order valence-corrected chi connectivity index (χ2v) is 6.17. The molecule has 2 aromatic carbocycles. The Kier molecular flexibility index (Phi) is 5.21. The predicted octanol–water partition coefficient (Wildman–Crippen LogP) is 2.61. The van der Waals surface area contributed by atoms with E-state index in [1.165, 1.54) is 21.3 Å². The maximum atomic E-state index is 13.1. The van der Waals surface area contributed by atoms with Crippen molar-refractivity contribution < 1.29 is 28.9 Å². The number of methoxy groups -OCH3 is 3. The third kappa shape index (κ3) is 3.53. The fraction of sp³-hybridized carbons (Fsp3) is 0.300. The van der Waals surface area contributed by atoms with Crippen LogP contribution in [0.15, 0.2) is 30.3 Å². The van der Waals surface area contributed by atoms with Crippen molar-refractivity contribution in [3.8, 4) is 17.2 Å². The number of rotatable bonds is 5. The number of ether oxygens (including phenoxy) is 3. The average Bonchev–Trinajstić information content (AvgIpc) is 2.71. The van der Waals surface area contributed by atoms with Crippen LogP contribution in [0.5, 0.6) is 17.2 Å². The number of carbonyl (C=O) groups is 2. The number of nitrogens with zero attached hydrogens (tertiary/aromatic N) is 1. The normalized spacial score (nSPS) is 12.9. The molecule has 2 aromatic rings. The van der Waals surface area contributed by atoms with Crippen molar-refractivity contribution in [3.05, 3.63) is 52.6 Å². The van der Waals surface area contributed by atoms with Gasteiger partial charge in [0.05, 0.1) is 32.5 Å². The number of hydrogen-bond donors (Lipinski definition) is 1. The predicted molar refractivity (Wildman–Crippen MR) is 97.9 cm³/mol. The summed E-state index contributed by atoms with van der Waals surface area (Å²) in [6.07, 6.45) is 0.663. The van der Waals surface area contributed by atoms with Crippen molar-refractivity contribution in [1.29, 1.82) is 0 Å². The van der Waals surface area contributed by atoms with Gasteiger partial charge in [-0.2, -0.15) is 0 Å². The minimum absolute atomic E-state index is 0.209. The molecule has 0 saturated heterocycles. The highest BCUT2D eigenvalue weighted by molar-refractivity contribution is 5.98. The van der Waals surface area contributed by atoms with E-state index in [1.54, 1.807) is 29.2 Å². The van der Waals surface area contributed by atoms with Crippen molar-refractivity contribution in [3.63, 3.8) is 0 Å². The zero-order valence-corrected chi connectivity index (χ0v) is 15.4. The molecule has 1 heterocycles. The number of carboxylic acids is 1. The summed E-state index contributed by atoms with van der Waals surface area (Å²) in [5.74, 6) is 0.109. The first-order valence-electron chi connectivity index (χ1n) is 8.42. The van der Waals surface area contributed by atoms with Gasteiger partial charge in [0.1, 0.15) is 5.75 Å². The van der Waals surface area contributed by atoms with Crippen LogP contribution < -0.4 is 14.2 Å². The van der Waals surface area contributed by atoms with Crippen molar-refractivity contribution in [2.24, 2.45) is 0 Å². The molecule has 0 radical (unpaired) electrons. The van der Waals surface area contributed by atoms with E-state index in [1.807, 2.05) is 6.07 Å². The van der Waals surface area contributed by atoms with Crippen LogP contribution in [-0.2, 0) is 13.0 Å². The summed E-state index contributed by atoms with van der Waals surface area (Å²) in [7, 11) is 4.51. The summed E-state index contributed by atoms with van der Waals surface area (Å²) in [4.78, 5) is 26.0. The number of aromatic carboxylic acids is 1. The molecule has 1 amide bonds. The highest BCUT2D eigenvalue weighted by Crippen LogP contribution is 2.35. The van der Waals surface area contributed by atoms with Gasteiger partial charge in [-0.15, -0.1) is 0 Å². The highest BCUT2D eigenvalue weighted by atomic mass is 16.5. The molecule has 27 heavy (non-hydrogen) atoms. The average molecular weight is 371 g/mol. The lowest BCUT2D eigenvalue weighted by atomic mass is 9.96. The summed E-state index contributed by atoms with van der Waals surface area (Å²) in [5, 5.41) is 9.19. The monoisotopic (exact) mass is 371 g/mol. The first kappa shape index (κ1) is 18.6. The second kappa shape index (κ2) is 7.57. The van der Waals surface area contributed by atoms with Crippen LogP contribution in [0.1, 0.15) is 31.8 Å². The standard InChI is InChI=1S/C20H21NO6/c1-25-16-10-18(27-3)17(26-2)9-15(16)19(22)21-7-6-12-4-5-13(20(23)24)8-14(12)11-21/h4-5,8-10H,6-7,11H2,1-3H3,(H,23,24). The lowest BCUT2D eigenvalue weighted by Crippen LogP contribution is -2.36. The number of carboxylic acid groups (broad SMARTS) is 1. The Balaban J connectivity index is 1.93. The molecule has 142 valence electrons. The summed E-state index contributed by atoms with van der Waals surface area (Å²) in [6.45, 7) is 0.878. The first-order valence-corrected chi connectivity index (χ1v) is 8.42. The van der Waals surface area contributed by atoms with Crippen LogP contribution in [0, 0.1) is 0 Å². The molecular formula is C20H21NO6. The van der Waals surface area contributed by atoms with E-state index >= 15 is 0 Å². The topological polar surface area (TPSA) is 85.3 Å². The van der Waals surface area contributed by atoms with E-state index in [2.05, 4.69) is 0 Å². The molecule has 1 N–H and O–H groups in total. The van der Waals surface area contributed by atoms with Gasteiger partial charge < -0.3 is 24.2 Å². The van der Waals surface area contributed by atoms with E-state index < -0.39 is 5.97 Å². The van der Waals surface area contributed by atoms with Gasteiger partial charge in [-0.25, -0.2) is 4.79 Å². The summed E-state index contributed by atoms with van der Waals surface area (Å²) >= 11 is 0. The molecule has 1 aliphatic rings. The van der Waals surface area contributed by atoms with Gasteiger partial charge in [0.2, 0.25) is 0 Å². The molecule has 0 aromatic heterocycles. The number of benzene rings is 2. The van der Waals surface area contributed by atoms with E-state index in [0.717, 1.165) is 11.1 Å². The molecule has 0 spiro atoms. The molecule has 0 atom stereocenters. The first-order chi connectivity index (χ1) is 13.0. The van der Waals surface area contributed by atoms with E-state index in [-0.39, 0.29) is 11.5 Å². The maximum Gasteiger partial charge on any atom is 0.335 e. The molecule has 7 heteroatoms. The van der Waals surface area contributed by atoms with Crippen LogP contribution >= 0.6 is 0 Å². The third-order valence-corrected chi connectivity index (χ3v) is 4.69. The Hall–Kier alpha value is -3.22. The van der Waals surface area contributed by atoms with E-state index in [4.69, 9.17) is 14.2 Å². The quantitative estimate of drug-likeness (QED) is 0.870. The van der Waals surface area contributed by atoms with Gasteiger partial charge in [-0.1, -0.05) is 6.07 Å². The summed E-state index contributed by atoms with van der Waals surface area (Å²) in [5.41, 5.74) is 2.48. The van der Waals surface area contributed by atoms with Gasteiger partial charge in [0.15, 0.2) is 11.5 Å². The number of carbonyl (C=O) groups excluding carboxylic acids is 1. The van der Waals surface area contributed by atoms with Crippen molar-refractivity contribution >= 4 is 11.9 Å². The van der Waals surface area contributed by atoms with E-state index in [0.29, 0.717) is 42.3 Å². The minimum atomic E-state index is -0.984. The molecule has 0 saturated carbocycles. The maximum absolute atomic E-state index is 13.1. The molecule has 1 aliphatic heterocycles. The zero-order valence-electron chi connectivity index (χ0n) is 15.4. The molecule has 0 bridgehead atoms. The van der Waals surface area contributed by atoms with Crippen molar-refractivity contribution in [1.82, 2.24) is 4.90 Å². The molecule has 0 unspecified atom stereocenters. The lowest BCUT2D eigenvalue weighted by Gasteiger charge is -2.29. The fourth-order valence-corrected chi connectivity index (χ4v) is 3.23. The number of amides is 1. The molecular weight excluding hydrogens is 350 g/mol. The Labute approximate surface area is 157 Å². The van der Waals surface area contributed by atoms with Crippen molar-refractivity contribution in [2.45, 2.75) is 13.0 Å². The Bertz CT molecular complexity index is 892. The molecule has 3 rings (SSSR count). The van der Waals surface area contributed by atoms with Crippen LogP contribution in [0.2, 0.25) is 0 Å². The second-order valence-electron chi connectivity index (χ2n) is 6.17. The van der Waals surface area contributed by atoms with Crippen LogP contribution in [0.4, 0.5) is 0 Å². The van der Waals surface area contributed by atoms with Gasteiger partial charge in [0, 0.05) is 25.2 Å². The van der Waals surface area contributed by atoms with Crippen molar-refractivity contribution in [2.75, 3.05) is 27.9 Å². The van der Waals surface area contributed by atoms with Crippen LogP contribution in [0.3, 0.4) is 0 Å². The Morgan fingerprint density at radius 2 is 1.59 bits per heavy atom. The van der Waals surface area contributed by atoms with Gasteiger partial charge in [-0.05, 0) is 29.7 Å². The lowest BCUT2D eigenvalue weighted by molar-refractivity contribution is 0.0696. The highest BCUT2D eigenvalue weighted by Gasteiger charge is 2.26. The van der Waals surface area contributed by atoms with Gasteiger partial charge in [0.25, 0.3) is 5.91 Å². The number of fused-ring (bicyclic) bond motifs is 1.